The molecule has 0 aromatic rings. The van der Waals surface area contributed by atoms with E-state index in [0.717, 1.165) is 38.9 Å². The van der Waals surface area contributed by atoms with E-state index in [4.69, 9.17) is 5.11 Å². The second kappa shape index (κ2) is 5.64. The SMILES string of the molecule is CN1CCN(CCCCCO)C(C)(C)C1=O. The summed E-state index contributed by atoms with van der Waals surface area (Å²) in [6.07, 6.45) is 2.95. The number of likely N-dealkylation sites (N-methyl/N-ethyl adjacent to an activating group) is 1. The van der Waals surface area contributed by atoms with Gasteiger partial charge in [0.25, 0.3) is 0 Å². The van der Waals surface area contributed by atoms with E-state index in [1.54, 1.807) is 0 Å². The predicted octanol–water partition coefficient (Wildman–Crippen LogP) is 0.702. The van der Waals surface area contributed by atoms with Crippen LogP contribution >= 0.6 is 0 Å². The molecule has 1 rings (SSSR count). The topological polar surface area (TPSA) is 43.8 Å². The highest BCUT2D eigenvalue weighted by Crippen LogP contribution is 2.21. The number of unbranched alkanes of at least 4 members (excludes halogenated alkanes) is 2. The van der Waals surface area contributed by atoms with Crippen LogP contribution in [0.4, 0.5) is 0 Å². The summed E-state index contributed by atoms with van der Waals surface area (Å²) in [6.45, 7) is 6.99. The van der Waals surface area contributed by atoms with Gasteiger partial charge in [0.05, 0.1) is 5.54 Å². The fourth-order valence-electron chi connectivity index (χ4n) is 2.24. The molecule has 0 spiro atoms. The highest BCUT2D eigenvalue weighted by molar-refractivity contribution is 5.86. The first-order valence-corrected chi connectivity index (χ1v) is 6.11. The lowest BCUT2D eigenvalue weighted by atomic mass is 9.97. The molecule has 1 aliphatic rings. The summed E-state index contributed by atoms with van der Waals surface area (Å²) >= 11 is 0. The Balaban J connectivity index is 2.44. The first-order chi connectivity index (χ1) is 7.50. The minimum absolute atomic E-state index is 0.209. The fourth-order valence-corrected chi connectivity index (χ4v) is 2.24. The number of aliphatic hydroxyl groups excluding tert-OH is 1. The Morgan fingerprint density at radius 2 is 1.94 bits per heavy atom. The monoisotopic (exact) mass is 228 g/mol. The van der Waals surface area contributed by atoms with Gasteiger partial charge in [-0.3, -0.25) is 9.69 Å². The van der Waals surface area contributed by atoms with Crippen LogP contribution in [-0.4, -0.2) is 59.6 Å². The van der Waals surface area contributed by atoms with Gasteiger partial charge < -0.3 is 10.0 Å². The smallest absolute Gasteiger partial charge is 0.242 e. The molecule has 0 bridgehead atoms. The number of carbonyl (C=O) groups is 1. The lowest BCUT2D eigenvalue weighted by Crippen LogP contribution is -2.62. The Bertz CT molecular complexity index is 241. The molecule has 0 radical (unpaired) electrons. The molecular weight excluding hydrogens is 204 g/mol. The maximum atomic E-state index is 12.0. The summed E-state index contributed by atoms with van der Waals surface area (Å²) in [7, 11) is 1.87. The summed E-state index contributed by atoms with van der Waals surface area (Å²) in [4.78, 5) is 16.1. The molecule has 0 unspecified atom stereocenters. The molecule has 1 N–H and O–H groups in total. The van der Waals surface area contributed by atoms with E-state index in [1.165, 1.54) is 0 Å². The number of rotatable bonds is 5. The van der Waals surface area contributed by atoms with Crippen LogP contribution in [0.5, 0.6) is 0 Å². The van der Waals surface area contributed by atoms with Crippen molar-refractivity contribution in [2.24, 2.45) is 0 Å². The van der Waals surface area contributed by atoms with Crippen LogP contribution in [0.25, 0.3) is 0 Å². The number of nitrogens with zero attached hydrogens (tertiary/aromatic N) is 2. The summed E-state index contributed by atoms with van der Waals surface area (Å²) in [5.74, 6) is 0.209. The average Bonchev–Trinajstić information content (AvgIpc) is 2.24. The van der Waals surface area contributed by atoms with Crippen LogP contribution < -0.4 is 0 Å². The number of amides is 1. The van der Waals surface area contributed by atoms with E-state index in [2.05, 4.69) is 4.90 Å². The van der Waals surface area contributed by atoms with Crippen LogP contribution in [-0.2, 0) is 4.79 Å². The van der Waals surface area contributed by atoms with Crippen molar-refractivity contribution in [2.75, 3.05) is 33.3 Å². The first-order valence-electron chi connectivity index (χ1n) is 6.11. The second-order valence-electron chi connectivity index (χ2n) is 5.06. The maximum Gasteiger partial charge on any atom is 0.242 e. The van der Waals surface area contributed by atoms with Gasteiger partial charge in [0, 0.05) is 26.7 Å². The van der Waals surface area contributed by atoms with E-state index >= 15 is 0 Å². The number of hydrogen-bond donors (Lipinski definition) is 1. The van der Waals surface area contributed by atoms with E-state index in [1.807, 2.05) is 25.8 Å². The lowest BCUT2D eigenvalue weighted by molar-refractivity contribution is -0.147. The number of carbonyl (C=O) groups excluding carboxylic acids is 1. The van der Waals surface area contributed by atoms with Gasteiger partial charge in [-0.25, -0.2) is 0 Å². The molecular formula is C12H24N2O2. The average molecular weight is 228 g/mol. The zero-order valence-corrected chi connectivity index (χ0v) is 10.7. The molecule has 4 nitrogen and oxygen atoms in total. The van der Waals surface area contributed by atoms with Crippen LogP contribution in [0.1, 0.15) is 33.1 Å². The molecule has 4 heteroatoms. The van der Waals surface area contributed by atoms with Crippen LogP contribution in [0, 0.1) is 0 Å². The third-order valence-electron chi connectivity index (χ3n) is 3.45. The summed E-state index contributed by atoms with van der Waals surface area (Å²) in [5, 5.41) is 8.71. The molecule has 1 heterocycles. The van der Waals surface area contributed by atoms with Gasteiger partial charge in [0.2, 0.25) is 5.91 Å². The lowest BCUT2D eigenvalue weighted by Gasteiger charge is -2.44. The van der Waals surface area contributed by atoms with Crippen molar-refractivity contribution in [3.8, 4) is 0 Å². The Kier molecular flexibility index (Phi) is 4.74. The van der Waals surface area contributed by atoms with Crippen molar-refractivity contribution in [2.45, 2.75) is 38.6 Å². The van der Waals surface area contributed by atoms with E-state index in [0.29, 0.717) is 0 Å². The van der Waals surface area contributed by atoms with Crippen LogP contribution in [0.3, 0.4) is 0 Å². The molecule has 16 heavy (non-hydrogen) atoms. The van der Waals surface area contributed by atoms with E-state index in [9.17, 15) is 4.79 Å². The molecule has 1 aliphatic heterocycles. The largest absolute Gasteiger partial charge is 0.396 e. The van der Waals surface area contributed by atoms with Gasteiger partial charge in [-0.05, 0) is 39.7 Å². The quantitative estimate of drug-likeness (QED) is 0.705. The van der Waals surface area contributed by atoms with Gasteiger partial charge in [0.1, 0.15) is 0 Å². The minimum Gasteiger partial charge on any atom is -0.396 e. The summed E-state index contributed by atoms with van der Waals surface area (Å²) < 4.78 is 0. The van der Waals surface area contributed by atoms with Crippen LogP contribution in [0.2, 0.25) is 0 Å². The molecule has 0 saturated carbocycles. The van der Waals surface area contributed by atoms with Crippen molar-refractivity contribution in [1.82, 2.24) is 9.80 Å². The van der Waals surface area contributed by atoms with Crippen molar-refractivity contribution in [3.05, 3.63) is 0 Å². The zero-order chi connectivity index (χ0) is 12.2. The molecule has 1 saturated heterocycles. The van der Waals surface area contributed by atoms with E-state index < -0.39 is 0 Å². The Labute approximate surface area is 98.2 Å². The number of aliphatic hydroxyl groups is 1. The normalized spacial score (nSPS) is 21.5. The van der Waals surface area contributed by atoms with Gasteiger partial charge >= 0.3 is 0 Å². The van der Waals surface area contributed by atoms with Crippen molar-refractivity contribution in [1.29, 1.82) is 0 Å². The Morgan fingerprint density at radius 1 is 1.25 bits per heavy atom. The molecule has 0 aromatic heterocycles. The predicted molar refractivity (Wildman–Crippen MR) is 64.2 cm³/mol. The Morgan fingerprint density at radius 3 is 2.56 bits per heavy atom. The van der Waals surface area contributed by atoms with Crippen molar-refractivity contribution >= 4 is 5.91 Å². The highest BCUT2D eigenvalue weighted by atomic mass is 16.2. The summed E-state index contributed by atoms with van der Waals surface area (Å²) in [6, 6.07) is 0. The zero-order valence-electron chi connectivity index (χ0n) is 10.7. The molecule has 0 aliphatic carbocycles. The molecule has 0 atom stereocenters. The van der Waals surface area contributed by atoms with Gasteiger partial charge in [0.15, 0.2) is 0 Å². The van der Waals surface area contributed by atoms with Crippen LogP contribution in [0.15, 0.2) is 0 Å². The maximum absolute atomic E-state index is 12.0. The first kappa shape index (κ1) is 13.5. The van der Waals surface area contributed by atoms with Gasteiger partial charge in [-0.15, -0.1) is 0 Å². The Hall–Kier alpha value is -0.610. The highest BCUT2D eigenvalue weighted by Gasteiger charge is 2.39. The fraction of sp³-hybridized carbons (Fsp3) is 0.917. The minimum atomic E-state index is -0.369. The van der Waals surface area contributed by atoms with Gasteiger partial charge in [-0.2, -0.15) is 0 Å². The molecule has 1 fully saturated rings. The van der Waals surface area contributed by atoms with Gasteiger partial charge in [-0.1, -0.05) is 0 Å². The molecule has 0 aromatic carbocycles. The second-order valence-corrected chi connectivity index (χ2v) is 5.06. The number of hydrogen-bond acceptors (Lipinski definition) is 3. The standard InChI is InChI=1S/C12H24N2O2/c1-12(2)11(16)13(3)8-9-14(12)7-5-4-6-10-15/h15H,4-10H2,1-3H3. The van der Waals surface area contributed by atoms with Crippen molar-refractivity contribution < 1.29 is 9.90 Å². The molecule has 94 valence electrons. The third-order valence-corrected chi connectivity index (χ3v) is 3.45. The van der Waals surface area contributed by atoms with E-state index in [-0.39, 0.29) is 18.1 Å². The number of piperazine rings is 1. The third kappa shape index (κ3) is 2.95. The molecule has 1 amide bonds. The van der Waals surface area contributed by atoms with Crippen molar-refractivity contribution in [3.63, 3.8) is 0 Å². The summed E-state index contributed by atoms with van der Waals surface area (Å²) in [5.41, 5.74) is -0.369.